The fraction of sp³-hybridized carbons (Fsp3) is 0.190. The zero-order valence-corrected chi connectivity index (χ0v) is 16.0. The Kier molecular flexibility index (Phi) is 5.34. The van der Waals surface area contributed by atoms with Crippen molar-refractivity contribution >= 4 is 34.6 Å². The van der Waals surface area contributed by atoms with Crippen molar-refractivity contribution in [2.75, 3.05) is 17.2 Å². The van der Waals surface area contributed by atoms with E-state index in [1.807, 2.05) is 16.3 Å². The lowest BCUT2D eigenvalue weighted by molar-refractivity contribution is 0.102. The van der Waals surface area contributed by atoms with Crippen LogP contribution in [0.25, 0.3) is 0 Å². The predicted octanol–water partition coefficient (Wildman–Crippen LogP) is 4.76. The molecule has 1 aliphatic heterocycles. The summed E-state index contributed by atoms with van der Waals surface area (Å²) in [5.41, 5.74) is 2.99. The number of nitrogens with zero attached hydrogens (tertiary/aromatic N) is 2. The van der Waals surface area contributed by atoms with Gasteiger partial charge in [-0.25, -0.2) is 4.79 Å². The number of urea groups is 1. The molecule has 3 heterocycles. The van der Waals surface area contributed by atoms with Crippen molar-refractivity contribution in [3.8, 4) is 0 Å². The van der Waals surface area contributed by atoms with Crippen LogP contribution in [0.2, 0.25) is 0 Å². The van der Waals surface area contributed by atoms with Crippen LogP contribution in [0.5, 0.6) is 0 Å². The number of anilines is 2. The van der Waals surface area contributed by atoms with E-state index in [-0.39, 0.29) is 18.0 Å². The Hall–Kier alpha value is -3.19. The number of pyridine rings is 1. The van der Waals surface area contributed by atoms with Gasteiger partial charge in [0.25, 0.3) is 5.91 Å². The lowest BCUT2D eigenvalue weighted by Gasteiger charge is -2.24. The normalized spacial score (nSPS) is 16.0. The fourth-order valence-electron chi connectivity index (χ4n) is 3.40. The van der Waals surface area contributed by atoms with Crippen LogP contribution >= 0.6 is 11.3 Å². The first-order valence-electron chi connectivity index (χ1n) is 9.12. The number of hydrogen-bond acceptors (Lipinski definition) is 4. The Morgan fingerprint density at radius 2 is 1.86 bits per heavy atom. The first-order valence-corrected chi connectivity index (χ1v) is 10.1. The number of likely N-dealkylation sites (tertiary alicyclic amines) is 1. The zero-order chi connectivity index (χ0) is 19.3. The second kappa shape index (κ2) is 8.22. The van der Waals surface area contributed by atoms with Gasteiger partial charge in [0.05, 0.1) is 6.04 Å². The molecular formula is C21H20N4O2S. The molecule has 0 radical (unpaired) electrons. The minimum Gasteiger partial charge on any atom is -0.322 e. The van der Waals surface area contributed by atoms with Gasteiger partial charge in [-0.15, -0.1) is 0 Å². The number of carbonyl (C=O) groups is 2. The minimum atomic E-state index is -0.219. The second-order valence-corrected chi connectivity index (χ2v) is 7.39. The van der Waals surface area contributed by atoms with Gasteiger partial charge in [-0.05, 0) is 65.6 Å². The topological polar surface area (TPSA) is 74.3 Å². The highest BCUT2D eigenvalue weighted by Crippen LogP contribution is 2.33. The monoisotopic (exact) mass is 392 g/mol. The van der Waals surface area contributed by atoms with Gasteiger partial charge in [-0.2, -0.15) is 11.3 Å². The molecule has 142 valence electrons. The molecule has 4 rings (SSSR count). The molecule has 2 aromatic heterocycles. The molecule has 0 bridgehead atoms. The number of thiophene rings is 1. The Bertz CT molecular complexity index is 960. The Labute approximate surface area is 167 Å². The first kappa shape index (κ1) is 18.2. The maximum atomic E-state index is 12.8. The van der Waals surface area contributed by atoms with Crippen LogP contribution in [0.15, 0.2) is 65.6 Å². The summed E-state index contributed by atoms with van der Waals surface area (Å²) in [7, 11) is 0. The first-order chi connectivity index (χ1) is 13.7. The molecule has 2 N–H and O–H groups in total. The molecular weight excluding hydrogens is 372 g/mol. The summed E-state index contributed by atoms with van der Waals surface area (Å²) in [5.74, 6) is -0.219. The standard InChI is InChI=1S/C21H20N4O2S/c26-20(15-6-9-22-10-7-15)23-17-3-1-4-18(13-17)24-21(27)25-11-2-5-19(25)16-8-12-28-14-16/h1,3-4,6-10,12-14,19H,2,5,11H2,(H,23,26)(H,24,27). The molecule has 0 saturated carbocycles. The molecule has 6 nitrogen and oxygen atoms in total. The van der Waals surface area contributed by atoms with Crippen LogP contribution in [0, 0.1) is 0 Å². The Morgan fingerprint density at radius 1 is 1.07 bits per heavy atom. The number of rotatable bonds is 4. The molecule has 1 saturated heterocycles. The Balaban J connectivity index is 1.43. The number of benzene rings is 1. The summed E-state index contributed by atoms with van der Waals surface area (Å²) in [6.45, 7) is 0.741. The highest BCUT2D eigenvalue weighted by Gasteiger charge is 2.30. The van der Waals surface area contributed by atoms with Crippen molar-refractivity contribution < 1.29 is 9.59 Å². The summed E-state index contributed by atoms with van der Waals surface area (Å²) in [6.07, 6.45) is 5.12. The lowest BCUT2D eigenvalue weighted by atomic mass is 10.1. The summed E-state index contributed by atoms with van der Waals surface area (Å²) >= 11 is 1.65. The summed E-state index contributed by atoms with van der Waals surface area (Å²) < 4.78 is 0. The van der Waals surface area contributed by atoms with Crippen molar-refractivity contribution in [3.63, 3.8) is 0 Å². The van der Waals surface area contributed by atoms with E-state index in [4.69, 9.17) is 0 Å². The lowest BCUT2D eigenvalue weighted by Crippen LogP contribution is -2.34. The van der Waals surface area contributed by atoms with Crippen LogP contribution in [0.1, 0.15) is 34.8 Å². The van der Waals surface area contributed by atoms with E-state index < -0.39 is 0 Å². The van der Waals surface area contributed by atoms with Gasteiger partial charge in [-0.3, -0.25) is 9.78 Å². The van der Waals surface area contributed by atoms with Gasteiger partial charge in [0.2, 0.25) is 0 Å². The third-order valence-corrected chi connectivity index (χ3v) is 5.46. The van der Waals surface area contributed by atoms with Gasteiger partial charge < -0.3 is 15.5 Å². The van der Waals surface area contributed by atoms with Gasteiger partial charge in [0.15, 0.2) is 0 Å². The van der Waals surface area contributed by atoms with Gasteiger partial charge >= 0.3 is 6.03 Å². The zero-order valence-electron chi connectivity index (χ0n) is 15.2. The SMILES string of the molecule is O=C(Nc1cccc(NC(=O)N2CCCC2c2ccsc2)c1)c1ccncc1. The van der Waals surface area contributed by atoms with Crippen molar-refractivity contribution in [1.82, 2.24) is 9.88 Å². The van der Waals surface area contributed by atoms with Crippen molar-refractivity contribution in [2.45, 2.75) is 18.9 Å². The molecule has 0 spiro atoms. The van der Waals surface area contributed by atoms with Crippen LogP contribution in [0.4, 0.5) is 16.2 Å². The van der Waals surface area contributed by atoms with Crippen molar-refractivity contribution in [1.29, 1.82) is 0 Å². The maximum absolute atomic E-state index is 12.8. The van der Waals surface area contributed by atoms with Gasteiger partial charge in [0, 0.05) is 35.9 Å². The molecule has 0 aliphatic carbocycles. The highest BCUT2D eigenvalue weighted by molar-refractivity contribution is 7.08. The van der Waals surface area contributed by atoms with Gasteiger partial charge in [-0.1, -0.05) is 6.07 Å². The highest BCUT2D eigenvalue weighted by atomic mass is 32.1. The largest absolute Gasteiger partial charge is 0.322 e. The van der Waals surface area contributed by atoms with Gasteiger partial charge in [0.1, 0.15) is 0 Å². The quantitative estimate of drug-likeness (QED) is 0.672. The smallest absolute Gasteiger partial charge is 0.322 e. The average Bonchev–Trinajstić information content (AvgIpc) is 3.40. The summed E-state index contributed by atoms with van der Waals surface area (Å²) in [6, 6.07) is 12.6. The van der Waals surface area contributed by atoms with E-state index in [1.54, 1.807) is 54.1 Å². The molecule has 1 fully saturated rings. The van der Waals surface area contributed by atoms with E-state index in [0.29, 0.717) is 16.9 Å². The minimum absolute atomic E-state index is 0.119. The summed E-state index contributed by atoms with van der Waals surface area (Å²) in [4.78, 5) is 30.9. The number of carbonyl (C=O) groups excluding carboxylic acids is 2. The van der Waals surface area contributed by atoms with E-state index >= 15 is 0 Å². The molecule has 3 amide bonds. The molecule has 3 aromatic rings. The molecule has 7 heteroatoms. The number of amides is 3. The second-order valence-electron chi connectivity index (χ2n) is 6.61. The van der Waals surface area contributed by atoms with Crippen molar-refractivity contribution in [3.05, 3.63) is 76.7 Å². The molecule has 1 aliphatic rings. The van der Waals surface area contributed by atoms with Crippen molar-refractivity contribution in [2.24, 2.45) is 0 Å². The molecule has 28 heavy (non-hydrogen) atoms. The molecule has 1 unspecified atom stereocenters. The molecule has 1 aromatic carbocycles. The number of nitrogens with one attached hydrogen (secondary N) is 2. The third kappa shape index (κ3) is 4.04. The fourth-order valence-corrected chi connectivity index (χ4v) is 4.10. The van der Waals surface area contributed by atoms with E-state index in [0.717, 1.165) is 19.4 Å². The predicted molar refractivity (Wildman–Crippen MR) is 111 cm³/mol. The summed E-state index contributed by atoms with van der Waals surface area (Å²) in [5, 5.41) is 9.94. The molecule has 1 atom stereocenters. The van der Waals surface area contributed by atoms with E-state index in [9.17, 15) is 9.59 Å². The third-order valence-electron chi connectivity index (χ3n) is 4.76. The van der Waals surface area contributed by atoms with Crippen LogP contribution in [-0.2, 0) is 0 Å². The number of aromatic nitrogens is 1. The van der Waals surface area contributed by atoms with E-state index in [2.05, 4.69) is 27.1 Å². The van der Waals surface area contributed by atoms with Crippen LogP contribution in [0.3, 0.4) is 0 Å². The average molecular weight is 392 g/mol. The van der Waals surface area contributed by atoms with Crippen LogP contribution in [-0.4, -0.2) is 28.4 Å². The maximum Gasteiger partial charge on any atom is 0.322 e. The van der Waals surface area contributed by atoms with E-state index in [1.165, 1.54) is 5.56 Å². The number of hydrogen-bond donors (Lipinski definition) is 2. The van der Waals surface area contributed by atoms with Crippen LogP contribution < -0.4 is 10.6 Å². The Morgan fingerprint density at radius 3 is 2.61 bits per heavy atom.